The molecule has 0 spiro atoms. The lowest BCUT2D eigenvalue weighted by Crippen LogP contribution is -2.45. The van der Waals surface area contributed by atoms with Gasteiger partial charge in [0, 0.05) is 36.2 Å². The van der Waals surface area contributed by atoms with E-state index < -0.39 is 0 Å². The molecule has 1 unspecified atom stereocenters. The standard InChI is InChI=1S/C17H18Cl2N2/c18-15-10-14(11-16(19)12-15)17(13-4-2-1-3-5-13)21-8-6-20-7-9-21/h1-5,10-12,17,20H,6-9H2. The summed E-state index contributed by atoms with van der Waals surface area (Å²) in [6.07, 6.45) is 0. The van der Waals surface area contributed by atoms with E-state index >= 15 is 0 Å². The zero-order chi connectivity index (χ0) is 14.7. The molecule has 2 nitrogen and oxygen atoms in total. The van der Waals surface area contributed by atoms with E-state index in [1.165, 1.54) is 5.56 Å². The molecule has 0 radical (unpaired) electrons. The Morgan fingerprint density at radius 1 is 0.857 bits per heavy atom. The Balaban J connectivity index is 2.02. The highest BCUT2D eigenvalue weighted by atomic mass is 35.5. The lowest BCUT2D eigenvalue weighted by Gasteiger charge is -2.35. The van der Waals surface area contributed by atoms with Crippen molar-refractivity contribution >= 4 is 23.2 Å². The van der Waals surface area contributed by atoms with Crippen molar-refractivity contribution < 1.29 is 0 Å². The van der Waals surface area contributed by atoms with Crippen molar-refractivity contribution in [1.29, 1.82) is 0 Å². The largest absolute Gasteiger partial charge is 0.314 e. The van der Waals surface area contributed by atoms with Crippen molar-refractivity contribution in [2.75, 3.05) is 26.2 Å². The first-order valence-corrected chi connectivity index (χ1v) is 7.95. The molecule has 0 saturated carbocycles. The summed E-state index contributed by atoms with van der Waals surface area (Å²) in [5, 5.41) is 4.78. The van der Waals surface area contributed by atoms with Gasteiger partial charge in [0.25, 0.3) is 0 Å². The minimum absolute atomic E-state index is 0.199. The fraction of sp³-hybridized carbons (Fsp3) is 0.294. The number of piperazine rings is 1. The molecule has 21 heavy (non-hydrogen) atoms. The van der Waals surface area contributed by atoms with Gasteiger partial charge in [0.05, 0.1) is 6.04 Å². The molecule has 0 aromatic heterocycles. The summed E-state index contributed by atoms with van der Waals surface area (Å²) in [5.41, 5.74) is 2.43. The van der Waals surface area contributed by atoms with Crippen LogP contribution in [0.1, 0.15) is 17.2 Å². The smallest absolute Gasteiger partial charge is 0.0603 e. The summed E-state index contributed by atoms with van der Waals surface area (Å²) in [6.45, 7) is 4.06. The van der Waals surface area contributed by atoms with Crippen molar-refractivity contribution in [2.24, 2.45) is 0 Å². The normalized spacial score (nSPS) is 17.6. The average molecular weight is 321 g/mol. The van der Waals surface area contributed by atoms with Crippen LogP contribution in [0.15, 0.2) is 48.5 Å². The Bertz CT molecular complexity index is 575. The monoisotopic (exact) mass is 320 g/mol. The highest BCUT2D eigenvalue weighted by molar-refractivity contribution is 6.34. The second-order valence-electron chi connectivity index (χ2n) is 5.30. The number of rotatable bonds is 3. The fourth-order valence-electron chi connectivity index (χ4n) is 2.92. The van der Waals surface area contributed by atoms with Crippen molar-refractivity contribution in [1.82, 2.24) is 10.2 Å². The van der Waals surface area contributed by atoms with E-state index in [1.807, 2.05) is 18.2 Å². The van der Waals surface area contributed by atoms with Gasteiger partial charge in [-0.2, -0.15) is 0 Å². The maximum atomic E-state index is 6.21. The van der Waals surface area contributed by atoms with Gasteiger partial charge in [-0.1, -0.05) is 53.5 Å². The predicted molar refractivity (Wildman–Crippen MR) is 89.2 cm³/mol. The third-order valence-corrected chi connectivity index (χ3v) is 4.27. The lowest BCUT2D eigenvalue weighted by molar-refractivity contribution is 0.198. The maximum Gasteiger partial charge on any atom is 0.0603 e. The van der Waals surface area contributed by atoms with Crippen LogP contribution in [0.3, 0.4) is 0 Å². The molecule has 0 aliphatic carbocycles. The fourth-order valence-corrected chi connectivity index (χ4v) is 3.47. The van der Waals surface area contributed by atoms with Crippen LogP contribution in [0.25, 0.3) is 0 Å². The van der Waals surface area contributed by atoms with Gasteiger partial charge in [0.1, 0.15) is 0 Å². The molecule has 0 amide bonds. The van der Waals surface area contributed by atoms with Gasteiger partial charge in [-0.05, 0) is 29.3 Å². The van der Waals surface area contributed by atoms with E-state index in [0.717, 1.165) is 31.7 Å². The molecular formula is C17H18Cl2N2. The van der Waals surface area contributed by atoms with E-state index in [-0.39, 0.29) is 6.04 Å². The van der Waals surface area contributed by atoms with Gasteiger partial charge in [-0.25, -0.2) is 0 Å². The summed E-state index contributed by atoms with van der Waals surface area (Å²) in [6, 6.07) is 16.6. The molecule has 2 aromatic rings. The molecule has 1 aliphatic heterocycles. The summed E-state index contributed by atoms with van der Waals surface area (Å²) < 4.78 is 0. The maximum absolute atomic E-state index is 6.21. The number of nitrogens with one attached hydrogen (secondary N) is 1. The summed E-state index contributed by atoms with van der Waals surface area (Å²) in [7, 11) is 0. The van der Waals surface area contributed by atoms with Crippen molar-refractivity contribution in [3.63, 3.8) is 0 Å². The second kappa shape index (κ2) is 6.80. The molecule has 1 aliphatic rings. The van der Waals surface area contributed by atoms with Crippen LogP contribution in [0.5, 0.6) is 0 Å². The lowest BCUT2D eigenvalue weighted by atomic mass is 9.96. The summed E-state index contributed by atoms with van der Waals surface area (Å²) in [4.78, 5) is 2.48. The second-order valence-corrected chi connectivity index (χ2v) is 6.17. The Morgan fingerprint density at radius 2 is 1.48 bits per heavy atom. The predicted octanol–water partition coefficient (Wildman–Crippen LogP) is 3.99. The Hall–Kier alpha value is -1.06. The van der Waals surface area contributed by atoms with Crippen molar-refractivity contribution in [3.8, 4) is 0 Å². The zero-order valence-corrected chi connectivity index (χ0v) is 13.2. The highest BCUT2D eigenvalue weighted by Gasteiger charge is 2.24. The van der Waals surface area contributed by atoms with E-state index in [4.69, 9.17) is 23.2 Å². The van der Waals surface area contributed by atoms with Crippen LogP contribution < -0.4 is 5.32 Å². The molecular weight excluding hydrogens is 303 g/mol. The van der Waals surface area contributed by atoms with E-state index in [0.29, 0.717) is 10.0 Å². The molecule has 3 rings (SSSR count). The van der Waals surface area contributed by atoms with Gasteiger partial charge in [-0.3, -0.25) is 4.90 Å². The van der Waals surface area contributed by atoms with Crippen LogP contribution in [-0.4, -0.2) is 31.1 Å². The molecule has 1 heterocycles. The molecule has 1 fully saturated rings. The van der Waals surface area contributed by atoms with Crippen LogP contribution in [0.4, 0.5) is 0 Å². The zero-order valence-electron chi connectivity index (χ0n) is 11.7. The highest BCUT2D eigenvalue weighted by Crippen LogP contribution is 2.32. The Morgan fingerprint density at radius 3 is 2.10 bits per heavy atom. The average Bonchev–Trinajstić information content (AvgIpc) is 2.49. The van der Waals surface area contributed by atoms with Crippen LogP contribution in [-0.2, 0) is 0 Å². The number of nitrogens with zero attached hydrogens (tertiary/aromatic N) is 1. The number of hydrogen-bond donors (Lipinski definition) is 1. The Labute approximate surface area is 135 Å². The molecule has 1 saturated heterocycles. The van der Waals surface area contributed by atoms with Crippen LogP contribution >= 0.6 is 23.2 Å². The molecule has 1 atom stereocenters. The molecule has 0 bridgehead atoms. The third kappa shape index (κ3) is 3.58. The first-order valence-electron chi connectivity index (χ1n) is 7.20. The quantitative estimate of drug-likeness (QED) is 0.920. The summed E-state index contributed by atoms with van der Waals surface area (Å²) in [5.74, 6) is 0. The number of hydrogen-bond acceptors (Lipinski definition) is 2. The van der Waals surface area contributed by atoms with Gasteiger partial charge in [0.15, 0.2) is 0 Å². The van der Waals surface area contributed by atoms with E-state index in [2.05, 4.69) is 34.5 Å². The first kappa shape index (κ1) is 14.9. The molecule has 2 aromatic carbocycles. The minimum atomic E-state index is 0.199. The van der Waals surface area contributed by atoms with Gasteiger partial charge in [0.2, 0.25) is 0 Å². The van der Waals surface area contributed by atoms with E-state index in [9.17, 15) is 0 Å². The number of benzene rings is 2. The topological polar surface area (TPSA) is 15.3 Å². The third-order valence-electron chi connectivity index (χ3n) is 3.83. The molecule has 4 heteroatoms. The van der Waals surface area contributed by atoms with Crippen LogP contribution in [0, 0.1) is 0 Å². The van der Waals surface area contributed by atoms with Gasteiger partial charge < -0.3 is 5.32 Å². The Kier molecular flexibility index (Phi) is 4.81. The van der Waals surface area contributed by atoms with Gasteiger partial charge >= 0.3 is 0 Å². The SMILES string of the molecule is Clc1cc(Cl)cc(C(c2ccccc2)N2CCNCC2)c1. The van der Waals surface area contributed by atoms with E-state index in [1.54, 1.807) is 6.07 Å². The van der Waals surface area contributed by atoms with Crippen LogP contribution in [0.2, 0.25) is 10.0 Å². The minimum Gasteiger partial charge on any atom is -0.314 e. The molecule has 110 valence electrons. The number of halogens is 2. The summed E-state index contributed by atoms with van der Waals surface area (Å²) >= 11 is 12.4. The molecule has 1 N–H and O–H groups in total. The van der Waals surface area contributed by atoms with Crippen molar-refractivity contribution in [3.05, 3.63) is 69.7 Å². The van der Waals surface area contributed by atoms with Crippen molar-refractivity contribution in [2.45, 2.75) is 6.04 Å². The first-order chi connectivity index (χ1) is 10.2. The van der Waals surface area contributed by atoms with Gasteiger partial charge in [-0.15, -0.1) is 0 Å².